The zero-order chi connectivity index (χ0) is 26.6. The molecule has 3 amide bonds. The van der Waals surface area contributed by atoms with Gasteiger partial charge in [0.1, 0.15) is 6.04 Å². The molecule has 7 atom stereocenters. The number of nitrogens with zero attached hydrogens (tertiary/aromatic N) is 1. The molecule has 38 heavy (non-hydrogen) atoms. The predicted octanol–water partition coefficient (Wildman–Crippen LogP) is 4.10. The molecule has 2 saturated carbocycles. The fourth-order valence-corrected chi connectivity index (χ4v) is 6.67. The molecule has 4 aliphatic carbocycles. The normalized spacial score (nSPS) is 29.2. The first kappa shape index (κ1) is 24.6. The van der Waals surface area contributed by atoms with Gasteiger partial charge >= 0.3 is 5.97 Å². The van der Waals surface area contributed by atoms with Gasteiger partial charge in [0, 0.05) is 12.1 Å². The lowest BCUT2D eigenvalue weighted by molar-refractivity contribution is -0.146. The number of anilines is 1. The molecular weight excluding hydrogens is 480 g/mol. The van der Waals surface area contributed by atoms with Gasteiger partial charge in [0.05, 0.1) is 24.0 Å². The first-order valence-corrected chi connectivity index (χ1v) is 13.5. The predicted molar refractivity (Wildman–Crippen MR) is 141 cm³/mol. The summed E-state index contributed by atoms with van der Waals surface area (Å²) in [5.74, 6) is -0.578. The molecule has 1 N–H and O–H groups in total. The van der Waals surface area contributed by atoms with E-state index in [1.807, 2.05) is 44.2 Å². The van der Waals surface area contributed by atoms with Gasteiger partial charge in [-0.05, 0) is 65.8 Å². The van der Waals surface area contributed by atoms with Crippen LogP contribution in [0.4, 0.5) is 5.69 Å². The number of amides is 3. The molecule has 2 aromatic carbocycles. The van der Waals surface area contributed by atoms with Crippen molar-refractivity contribution in [1.82, 2.24) is 4.90 Å². The summed E-state index contributed by atoms with van der Waals surface area (Å²) in [7, 11) is 0. The fourth-order valence-electron chi connectivity index (χ4n) is 6.67. The van der Waals surface area contributed by atoms with Gasteiger partial charge in [0.2, 0.25) is 17.7 Å². The van der Waals surface area contributed by atoms with Crippen molar-refractivity contribution in [3.8, 4) is 0 Å². The molecule has 0 radical (unpaired) electrons. The van der Waals surface area contributed by atoms with Crippen LogP contribution < -0.4 is 5.32 Å². The number of hydrogen-bond donors (Lipinski definition) is 1. The first-order valence-electron chi connectivity index (χ1n) is 13.5. The third kappa shape index (κ3) is 4.24. The van der Waals surface area contributed by atoms with Crippen LogP contribution in [-0.2, 0) is 25.5 Å². The van der Waals surface area contributed by atoms with Gasteiger partial charge in [-0.15, -0.1) is 0 Å². The van der Waals surface area contributed by atoms with Gasteiger partial charge in [-0.25, -0.2) is 4.79 Å². The number of imide groups is 1. The highest BCUT2D eigenvalue weighted by Crippen LogP contribution is 2.65. The first-order chi connectivity index (χ1) is 18.3. The molecule has 1 aliphatic heterocycles. The van der Waals surface area contributed by atoms with Crippen LogP contribution in [0.5, 0.6) is 0 Å². The van der Waals surface area contributed by atoms with Crippen LogP contribution in [0.1, 0.15) is 36.2 Å². The summed E-state index contributed by atoms with van der Waals surface area (Å²) in [4.78, 5) is 54.7. The minimum Gasteiger partial charge on any atom is -0.462 e. The van der Waals surface area contributed by atoms with Crippen LogP contribution in [0.2, 0.25) is 0 Å². The minimum absolute atomic E-state index is 0.0971. The second-order valence-electron chi connectivity index (χ2n) is 11.5. The highest BCUT2D eigenvalue weighted by Gasteiger charge is 2.67. The average molecular weight is 513 g/mol. The lowest BCUT2D eigenvalue weighted by Crippen LogP contribution is -2.49. The lowest BCUT2D eigenvalue weighted by Gasteiger charge is -2.37. The molecule has 196 valence electrons. The van der Waals surface area contributed by atoms with E-state index in [9.17, 15) is 19.2 Å². The number of carbonyl (C=O) groups excluding carboxylic acids is 4. The largest absolute Gasteiger partial charge is 0.462 e. The number of benzene rings is 2. The van der Waals surface area contributed by atoms with Crippen LogP contribution in [0.15, 0.2) is 66.7 Å². The van der Waals surface area contributed by atoms with Crippen LogP contribution >= 0.6 is 0 Å². The van der Waals surface area contributed by atoms with Crippen LogP contribution in [-0.4, -0.2) is 41.2 Å². The van der Waals surface area contributed by atoms with E-state index in [1.54, 1.807) is 24.3 Å². The van der Waals surface area contributed by atoms with Crippen molar-refractivity contribution in [1.29, 1.82) is 0 Å². The Kier molecular flexibility index (Phi) is 6.17. The Hall–Kier alpha value is -3.74. The molecule has 3 fully saturated rings. The molecule has 7 unspecified atom stereocenters. The topological polar surface area (TPSA) is 92.8 Å². The number of allylic oxidation sites excluding steroid dienone is 2. The van der Waals surface area contributed by atoms with Gasteiger partial charge in [-0.3, -0.25) is 19.3 Å². The number of ether oxygens (including phenoxy) is 1. The van der Waals surface area contributed by atoms with Gasteiger partial charge in [0.25, 0.3) is 0 Å². The second-order valence-corrected chi connectivity index (χ2v) is 11.5. The van der Waals surface area contributed by atoms with Crippen molar-refractivity contribution < 1.29 is 23.9 Å². The molecule has 1 heterocycles. The van der Waals surface area contributed by atoms with Crippen LogP contribution in [0, 0.1) is 41.4 Å². The highest BCUT2D eigenvalue weighted by atomic mass is 16.5. The molecular formula is C31H32N2O5. The third-order valence-corrected chi connectivity index (χ3v) is 8.52. The lowest BCUT2D eigenvalue weighted by atomic mass is 9.63. The molecule has 7 nitrogen and oxygen atoms in total. The minimum atomic E-state index is -0.964. The Balaban J connectivity index is 1.23. The Morgan fingerprint density at radius 2 is 1.53 bits per heavy atom. The zero-order valence-electron chi connectivity index (χ0n) is 21.6. The summed E-state index contributed by atoms with van der Waals surface area (Å²) in [6.07, 6.45) is 5.59. The smallest absolute Gasteiger partial charge is 0.338 e. The van der Waals surface area contributed by atoms with E-state index in [0.29, 0.717) is 29.7 Å². The number of carbonyl (C=O) groups is 4. The van der Waals surface area contributed by atoms with E-state index >= 15 is 0 Å². The summed E-state index contributed by atoms with van der Waals surface area (Å²) in [5, 5.41) is 2.88. The molecule has 0 aromatic heterocycles. The Labute approximate surface area is 222 Å². The van der Waals surface area contributed by atoms with E-state index in [4.69, 9.17) is 4.74 Å². The third-order valence-electron chi connectivity index (χ3n) is 8.52. The summed E-state index contributed by atoms with van der Waals surface area (Å²) in [6, 6.07) is 15.0. The summed E-state index contributed by atoms with van der Waals surface area (Å²) >= 11 is 0. The number of rotatable bonds is 8. The molecule has 0 spiro atoms. The highest BCUT2D eigenvalue weighted by molar-refractivity contribution is 6.10. The molecule has 7 rings (SSSR count). The monoisotopic (exact) mass is 512 g/mol. The maximum atomic E-state index is 13.8. The fraction of sp³-hybridized carbons (Fsp3) is 0.419. The number of esters is 1. The van der Waals surface area contributed by atoms with E-state index in [2.05, 4.69) is 17.5 Å². The Morgan fingerprint density at radius 3 is 2.11 bits per heavy atom. The molecule has 7 heteroatoms. The van der Waals surface area contributed by atoms with Crippen LogP contribution in [0.25, 0.3) is 0 Å². The van der Waals surface area contributed by atoms with E-state index in [-0.39, 0.29) is 47.8 Å². The van der Waals surface area contributed by atoms with Crippen molar-refractivity contribution in [2.45, 2.75) is 32.7 Å². The van der Waals surface area contributed by atoms with Crippen molar-refractivity contribution in [2.75, 3.05) is 11.9 Å². The molecule has 2 bridgehead atoms. The number of hydrogen-bond acceptors (Lipinski definition) is 5. The Morgan fingerprint density at radius 1 is 0.921 bits per heavy atom. The standard InChI is InChI=1S/C31H32N2O5/c1-17(2)16-38-31(37)19-8-10-20(11-9-19)32-28(34)25(14-18-6-4-3-5-7-18)33-29(35)26-21-12-13-22(24-15-23(21)24)27(26)30(33)36/h3-13,17,21-27H,14-16H2,1-2H3,(H,32,34). The average Bonchev–Trinajstić information content (AvgIpc) is 3.70. The maximum Gasteiger partial charge on any atom is 0.338 e. The second kappa shape index (κ2) is 9.53. The maximum absolute atomic E-state index is 13.8. The van der Waals surface area contributed by atoms with E-state index in [0.717, 1.165) is 12.0 Å². The zero-order valence-corrected chi connectivity index (χ0v) is 21.6. The van der Waals surface area contributed by atoms with Crippen molar-refractivity contribution in [2.24, 2.45) is 41.4 Å². The van der Waals surface area contributed by atoms with Gasteiger partial charge in [0.15, 0.2) is 0 Å². The van der Waals surface area contributed by atoms with E-state index in [1.165, 1.54) is 4.90 Å². The molecule has 2 aromatic rings. The SMILES string of the molecule is CC(C)COC(=O)c1ccc(NC(=O)C(Cc2ccccc2)N2C(=O)C3C4C=CC(C5CC45)C3C2=O)cc1. The Bertz CT molecular complexity index is 1270. The van der Waals surface area contributed by atoms with Gasteiger partial charge < -0.3 is 10.1 Å². The number of likely N-dealkylation sites (tertiary alicyclic amines) is 1. The van der Waals surface area contributed by atoms with Gasteiger partial charge in [-0.2, -0.15) is 0 Å². The molecule has 5 aliphatic rings. The summed E-state index contributed by atoms with van der Waals surface area (Å²) in [5.41, 5.74) is 1.74. The van der Waals surface area contributed by atoms with Crippen molar-refractivity contribution >= 4 is 29.4 Å². The summed E-state index contributed by atoms with van der Waals surface area (Å²) in [6.45, 7) is 4.26. The van der Waals surface area contributed by atoms with Crippen molar-refractivity contribution in [3.63, 3.8) is 0 Å². The van der Waals surface area contributed by atoms with Crippen LogP contribution in [0.3, 0.4) is 0 Å². The summed E-state index contributed by atoms with van der Waals surface area (Å²) < 4.78 is 5.27. The van der Waals surface area contributed by atoms with Crippen molar-refractivity contribution in [3.05, 3.63) is 77.9 Å². The molecule has 1 saturated heterocycles. The van der Waals surface area contributed by atoms with Gasteiger partial charge in [-0.1, -0.05) is 56.3 Å². The quantitative estimate of drug-likeness (QED) is 0.327. The van der Waals surface area contributed by atoms with E-state index < -0.39 is 17.9 Å². The number of nitrogens with one attached hydrogen (secondary N) is 1.